The molecule has 0 spiro atoms. The van der Waals surface area contributed by atoms with Crippen molar-refractivity contribution in [3.63, 3.8) is 0 Å². The maximum atomic E-state index is 12.1. The molecule has 0 radical (unpaired) electrons. The molecule has 3 rings (SSSR count). The number of nitrogens with zero attached hydrogens (tertiary/aromatic N) is 3. The van der Waals surface area contributed by atoms with Gasteiger partial charge in [-0.05, 0) is 17.7 Å². The lowest BCUT2D eigenvalue weighted by molar-refractivity contribution is -0.120. The zero-order valence-electron chi connectivity index (χ0n) is 13.5. The van der Waals surface area contributed by atoms with Crippen molar-refractivity contribution >= 4 is 39.9 Å². The Balaban J connectivity index is 1.52. The van der Waals surface area contributed by atoms with Crippen LogP contribution in [0.1, 0.15) is 21.9 Å². The molecule has 2 amide bonds. The third-order valence-electron chi connectivity index (χ3n) is 3.32. The summed E-state index contributed by atoms with van der Waals surface area (Å²) in [4.78, 5) is 36.0. The van der Waals surface area contributed by atoms with E-state index in [-0.39, 0.29) is 18.2 Å². The average molecular weight is 388 g/mol. The third kappa shape index (κ3) is 4.84. The van der Waals surface area contributed by atoms with E-state index in [2.05, 4.69) is 25.6 Å². The van der Waals surface area contributed by atoms with Crippen LogP contribution in [0.3, 0.4) is 0 Å². The Labute approximate surface area is 158 Å². The van der Waals surface area contributed by atoms with E-state index in [4.69, 9.17) is 11.6 Å². The molecule has 0 unspecified atom stereocenters. The molecule has 0 atom stereocenters. The van der Waals surface area contributed by atoms with Crippen LogP contribution in [0, 0.1) is 0 Å². The zero-order valence-corrected chi connectivity index (χ0v) is 15.0. The number of rotatable bonds is 6. The fourth-order valence-electron chi connectivity index (χ4n) is 2.08. The molecule has 0 aliphatic heterocycles. The largest absolute Gasteiger partial charge is 0.352 e. The van der Waals surface area contributed by atoms with Crippen molar-refractivity contribution in [1.29, 1.82) is 0 Å². The number of halogens is 1. The number of benzene rings is 1. The highest BCUT2D eigenvalue weighted by Crippen LogP contribution is 2.17. The minimum absolute atomic E-state index is 0.0572. The van der Waals surface area contributed by atoms with Gasteiger partial charge in [-0.1, -0.05) is 29.8 Å². The second-order valence-corrected chi connectivity index (χ2v) is 6.48. The Morgan fingerprint density at radius 1 is 1.12 bits per heavy atom. The standard InChI is InChI=1S/C17H14ClN5O2S/c18-13-5-2-1-4-11(13)9-21-14(24)8-12-10-26-17(22-12)23-16(25)15-19-6-3-7-20-15/h1-7,10H,8-9H2,(H,21,24)(H,22,23,25). The van der Waals surface area contributed by atoms with Gasteiger partial charge in [0.15, 0.2) is 5.13 Å². The Kier molecular flexibility index (Phi) is 5.88. The van der Waals surface area contributed by atoms with E-state index in [9.17, 15) is 9.59 Å². The first-order chi connectivity index (χ1) is 12.6. The van der Waals surface area contributed by atoms with Gasteiger partial charge in [0.05, 0.1) is 12.1 Å². The monoisotopic (exact) mass is 387 g/mol. The molecule has 9 heteroatoms. The third-order valence-corrected chi connectivity index (χ3v) is 4.49. The molecule has 2 heterocycles. The highest BCUT2D eigenvalue weighted by molar-refractivity contribution is 7.14. The first-order valence-electron chi connectivity index (χ1n) is 7.64. The van der Waals surface area contributed by atoms with E-state index in [0.29, 0.717) is 22.4 Å². The molecular weight excluding hydrogens is 374 g/mol. The fraction of sp³-hybridized carbons (Fsp3) is 0.118. The van der Waals surface area contributed by atoms with Crippen LogP contribution in [0.15, 0.2) is 48.1 Å². The summed E-state index contributed by atoms with van der Waals surface area (Å²) in [6.45, 7) is 0.345. The van der Waals surface area contributed by atoms with E-state index in [1.165, 1.54) is 23.7 Å². The van der Waals surface area contributed by atoms with E-state index in [0.717, 1.165) is 5.56 Å². The molecule has 132 valence electrons. The van der Waals surface area contributed by atoms with Crippen LogP contribution in [0.4, 0.5) is 5.13 Å². The normalized spacial score (nSPS) is 10.3. The zero-order chi connectivity index (χ0) is 18.4. The fourth-order valence-corrected chi connectivity index (χ4v) is 2.99. The number of carbonyl (C=O) groups is 2. The van der Waals surface area contributed by atoms with E-state index < -0.39 is 5.91 Å². The first kappa shape index (κ1) is 18.0. The quantitative estimate of drug-likeness (QED) is 0.677. The SMILES string of the molecule is O=C(Cc1csc(NC(=O)c2ncccn2)n1)NCc1ccccc1Cl. The number of thiazole rings is 1. The number of hydrogen-bond acceptors (Lipinski definition) is 6. The number of carbonyl (C=O) groups excluding carboxylic acids is 2. The van der Waals surface area contributed by atoms with Gasteiger partial charge < -0.3 is 5.32 Å². The Bertz CT molecular complexity index is 916. The van der Waals surface area contributed by atoms with Gasteiger partial charge in [-0.2, -0.15) is 0 Å². The number of hydrogen-bond donors (Lipinski definition) is 2. The molecule has 26 heavy (non-hydrogen) atoms. The van der Waals surface area contributed by atoms with E-state index in [1.54, 1.807) is 17.5 Å². The van der Waals surface area contributed by atoms with Crippen molar-refractivity contribution in [2.75, 3.05) is 5.32 Å². The van der Waals surface area contributed by atoms with Crippen molar-refractivity contribution in [2.45, 2.75) is 13.0 Å². The second-order valence-electron chi connectivity index (χ2n) is 5.22. The van der Waals surface area contributed by atoms with Crippen molar-refractivity contribution in [3.05, 3.63) is 70.2 Å². The van der Waals surface area contributed by atoms with Crippen LogP contribution in [-0.2, 0) is 17.8 Å². The predicted molar refractivity (Wildman–Crippen MR) is 99.1 cm³/mol. The van der Waals surface area contributed by atoms with Gasteiger partial charge in [-0.25, -0.2) is 15.0 Å². The number of anilines is 1. The van der Waals surface area contributed by atoms with Crippen molar-refractivity contribution in [3.8, 4) is 0 Å². The van der Waals surface area contributed by atoms with Crippen LogP contribution >= 0.6 is 22.9 Å². The van der Waals surface area contributed by atoms with Crippen LogP contribution in [0.25, 0.3) is 0 Å². The Morgan fingerprint density at radius 3 is 2.65 bits per heavy atom. The lowest BCUT2D eigenvalue weighted by Crippen LogP contribution is -2.24. The molecule has 0 bridgehead atoms. The minimum Gasteiger partial charge on any atom is -0.352 e. The summed E-state index contributed by atoms with van der Waals surface area (Å²) in [5.74, 6) is -0.573. The molecule has 1 aromatic carbocycles. The lowest BCUT2D eigenvalue weighted by atomic mass is 10.2. The molecular formula is C17H14ClN5O2S. The van der Waals surface area contributed by atoms with Gasteiger partial charge in [0.25, 0.3) is 5.91 Å². The van der Waals surface area contributed by atoms with Gasteiger partial charge in [0.1, 0.15) is 0 Å². The summed E-state index contributed by atoms with van der Waals surface area (Å²) in [7, 11) is 0. The van der Waals surface area contributed by atoms with Crippen molar-refractivity contribution in [2.24, 2.45) is 0 Å². The second kappa shape index (κ2) is 8.50. The Hall–Kier alpha value is -2.84. The van der Waals surface area contributed by atoms with Crippen LogP contribution in [0.2, 0.25) is 5.02 Å². The minimum atomic E-state index is -0.449. The highest BCUT2D eigenvalue weighted by atomic mass is 35.5. The maximum absolute atomic E-state index is 12.1. The van der Waals surface area contributed by atoms with E-state index >= 15 is 0 Å². The molecule has 3 aromatic rings. The molecule has 0 aliphatic carbocycles. The summed E-state index contributed by atoms with van der Waals surface area (Å²) in [5.41, 5.74) is 1.41. The topological polar surface area (TPSA) is 96.9 Å². The highest BCUT2D eigenvalue weighted by Gasteiger charge is 2.13. The van der Waals surface area contributed by atoms with Gasteiger partial charge in [0, 0.05) is 29.3 Å². The molecule has 2 N–H and O–H groups in total. The molecule has 7 nitrogen and oxygen atoms in total. The summed E-state index contributed by atoms with van der Waals surface area (Å²) >= 11 is 7.29. The number of nitrogens with one attached hydrogen (secondary N) is 2. The summed E-state index contributed by atoms with van der Waals surface area (Å²) in [6.07, 6.45) is 3.08. The molecule has 0 fully saturated rings. The van der Waals surface area contributed by atoms with Gasteiger partial charge >= 0.3 is 0 Å². The van der Waals surface area contributed by atoms with Crippen LogP contribution < -0.4 is 10.6 Å². The summed E-state index contributed by atoms with van der Waals surface area (Å²) in [5, 5.41) is 8.12. The average Bonchev–Trinajstić information content (AvgIpc) is 3.08. The van der Waals surface area contributed by atoms with Gasteiger partial charge in [-0.15, -0.1) is 11.3 Å². The summed E-state index contributed by atoms with van der Waals surface area (Å²) < 4.78 is 0. The maximum Gasteiger partial charge on any atom is 0.295 e. The van der Waals surface area contributed by atoms with Crippen LogP contribution in [-0.4, -0.2) is 26.8 Å². The Morgan fingerprint density at radius 2 is 1.88 bits per heavy atom. The molecule has 2 aromatic heterocycles. The predicted octanol–water partition coefficient (Wildman–Crippen LogP) is 2.70. The van der Waals surface area contributed by atoms with Gasteiger partial charge in [-0.3, -0.25) is 14.9 Å². The summed E-state index contributed by atoms with van der Waals surface area (Å²) in [6, 6.07) is 8.94. The van der Waals surface area contributed by atoms with Crippen LogP contribution in [0.5, 0.6) is 0 Å². The molecule has 0 saturated carbocycles. The first-order valence-corrected chi connectivity index (χ1v) is 8.90. The van der Waals surface area contributed by atoms with Crippen molar-refractivity contribution in [1.82, 2.24) is 20.3 Å². The smallest absolute Gasteiger partial charge is 0.295 e. The van der Waals surface area contributed by atoms with Gasteiger partial charge in [0.2, 0.25) is 11.7 Å². The lowest BCUT2D eigenvalue weighted by Gasteiger charge is -2.06. The molecule has 0 saturated heterocycles. The van der Waals surface area contributed by atoms with Crippen molar-refractivity contribution < 1.29 is 9.59 Å². The van der Waals surface area contributed by atoms with E-state index in [1.807, 2.05) is 18.2 Å². The number of amides is 2. The molecule has 0 aliphatic rings. The number of aromatic nitrogens is 3.